The third-order valence-corrected chi connectivity index (χ3v) is 8.91. The standard InChI is InChI=1S/C40H40N2O4/c1-7-41(8-2)28-21-22-31-36(23-28)46-37-25-38(44-5)35(24-32(37)39(31)29-17-11-12-18-30(29)40(43)45-6)42(33-19-13-9-15-26(33)3)34-20-14-10-16-27(34)4/h9-25,39H,7-8H2,1-6H3. The number of ether oxygens (including phenoxy) is 3. The minimum atomic E-state index is -0.375. The number of esters is 1. The monoisotopic (exact) mass is 612 g/mol. The van der Waals surface area contributed by atoms with Gasteiger partial charge in [-0.15, -0.1) is 0 Å². The Morgan fingerprint density at radius 3 is 1.91 bits per heavy atom. The van der Waals surface area contributed by atoms with E-state index >= 15 is 0 Å². The van der Waals surface area contributed by atoms with E-state index in [4.69, 9.17) is 14.2 Å². The fourth-order valence-corrected chi connectivity index (χ4v) is 6.54. The second-order valence-electron chi connectivity index (χ2n) is 11.5. The lowest BCUT2D eigenvalue weighted by Crippen LogP contribution is -2.22. The van der Waals surface area contributed by atoms with Crippen LogP contribution >= 0.6 is 0 Å². The molecule has 46 heavy (non-hydrogen) atoms. The molecule has 0 aliphatic carbocycles. The molecule has 1 aliphatic rings. The van der Waals surface area contributed by atoms with Crippen LogP contribution in [0.4, 0.5) is 22.7 Å². The molecule has 6 heteroatoms. The van der Waals surface area contributed by atoms with Crippen molar-refractivity contribution in [2.24, 2.45) is 0 Å². The summed E-state index contributed by atoms with van der Waals surface area (Å²) in [5, 5.41) is 0. The molecule has 0 radical (unpaired) electrons. The van der Waals surface area contributed by atoms with Gasteiger partial charge in [-0.2, -0.15) is 0 Å². The SMILES string of the molecule is CCN(CC)c1ccc2c(c1)Oc1cc(OC)c(N(c3ccccc3C)c3ccccc3C)cc1C2c1ccccc1C(=O)OC. The second-order valence-corrected chi connectivity index (χ2v) is 11.5. The van der Waals surface area contributed by atoms with Gasteiger partial charge < -0.3 is 24.0 Å². The third-order valence-electron chi connectivity index (χ3n) is 8.91. The van der Waals surface area contributed by atoms with E-state index in [9.17, 15) is 4.79 Å². The topological polar surface area (TPSA) is 51.2 Å². The average Bonchev–Trinajstić information content (AvgIpc) is 3.08. The molecule has 1 atom stereocenters. The highest BCUT2D eigenvalue weighted by Gasteiger charge is 2.34. The Balaban J connectivity index is 1.64. The van der Waals surface area contributed by atoms with Crippen LogP contribution in [0.1, 0.15) is 57.9 Å². The van der Waals surface area contributed by atoms with Gasteiger partial charge in [0.15, 0.2) is 0 Å². The summed E-state index contributed by atoms with van der Waals surface area (Å²) in [6, 6.07) is 34.9. The van der Waals surface area contributed by atoms with E-state index in [-0.39, 0.29) is 11.9 Å². The molecular formula is C40H40N2O4. The largest absolute Gasteiger partial charge is 0.494 e. The lowest BCUT2D eigenvalue weighted by molar-refractivity contribution is 0.0599. The van der Waals surface area contributed by atoms with Gasteiger partial charge in [-0.05, 0) is 74.7 Å². The molecule has 0 amide bonds. The van der Waals surface area contributed by atoms with Crippen LogP contribution in [0.2, 0.25) is 0 Å². The predicted molar refractivity (Wildman–Crippen MR) is 186 cm³/mol. The van der Waals surface area contributed by atoms with Crippen molar-refractivity contribution in [2.75, 3.05) is 37.1 Å². The van der Waals surface area contributed by atoms with Crippen LogP contribution < -0.4 is 19.3 Å². The molecule has 6 nitrogen and oxygen atoms in total. The van der Waals surface area contributed by atoms with Crippen LogP contribution in [-0.4, -0.2) is 33.3 Å². The lowest BCUT2D eigenvalue weighted by atomic mass is 9.80. The Morgan fingerprint density at radius 2 is 1.30 bits per heavy atom. The van der Waals surface area contributed by atoms with Crippen LogP contribution in [0.3, 0.4) is 0 Å². The minimum absolute atomic E-state index is 0.306. The highest BCUT2D eigenvalue weighted by molar-refractivity contribution is 5.92. The number of para-hydroxylation sites is 2. The highest BCUT2D eigenvalue weighted by Crippen LogP contribution is 2.54. The number of rotatable bonds is 9. The fraction of sp³-hybridized carbons (Fsp3) is 0.225. The van der Waals surface area contributed by atoms with E-state index in [0.29, 0.717) is 17.1 Å². The number of nitrogens with zero attached hydrogens (tertiary/aromatic N) is 2. The van der Waals surface area contributed by atoms with Gasteiger partial charge in [0, 0.05) is 59.3 Å². The molecule has 0 saturated carbocycles. The van der Waals surface area contributed by atoms with Crippen molar-refractivity contribution in [3.05, 3.63) is 137 Å². The second kappa shape index (κ2) is 13.0. The number of anilines is 4. The molecule has 0 N–H and O–H groups in total. The van der Waals surface area contributed by atoms with Crippen molar-refractivity contribution >= 4 is 28.7 Å². The lowest BCUT2D eigenvalue weighted by Gasteiger charge is -2.34. The van der Waals surface area contributed by atoms with Crippen molar-refractivity contribution in [3.63, 3.8) is 0 Å². The number of hydrogen-bond acceptors (Lipinski definition) is 6. The number of carbonyl (C=O) groups excluding carboxylic acids is 1. The third kappa shape index (κ3) is 5.45. The molecule has 5 aromatic carbocycles. The van der Waals surface area contributed by atoms with E-state index in [1.54, 1.807) is 7.11 Å². The van der Waals surface area contributed by atoms with Gasteiger partial charge >= 0.3 is 5.97 Å². The summed E-state index contributed by atoms with van der Waals surface area (Å²) < 4.78 is 18.1. The Hall–Kier alpha value is -5.23. The van der Waals surface area contributed by atoms with Crippen molar-refractivity contribution in [1.82, 2.24) is 0 Å². The molecule has 0 bridgehead atoms. The van der Waals surface area contributed by atoms with Crippen LogP contribution in [0.5, 0.6) is 17.2 Å². The summed E-state index contributed by atoms with van der Waals surface area (Å²) in [5.74, 6) is 1.43. The Kier molecular flexibility index (Phi) is 8.71. The van der Waals surface area contributed by atoms with Crippen molar-refractivity contribution in [3.8, 4) is 17.2 Å². The van der Waals surface area contributed by atoms with Crippen LogP contribution in [-0.2, 0) is 4.74 Å². The van der Waals surface area contributed by atoms with Crippen molar-refractivity contribution < 1.29 is 19.0 Å². The van der Waals surface area contributed by atoms with Crippen molar-refractivity contribution in [1.29, 1.82) is 0 Å². The fourth-order valence-electron chi connectivity index (χ4n) is 6.54. The first-order valence-electron chi connectivity index (χ1n) is 15.8. The van der Waals surface area contributed by atoms with E-state index in [1.165, 1.54) is 7.11 Å². The summed E-state index contributed by atoms with van der Waals surface area (Å²) in [4.78, 5) is 17.7. The molecule has 6 rings (SSSR count). The maximum absolute atomic E-state index is 13.2. The number of aryl methyl sites for hydroxylation is 2. The van der Waals surface area contributed by atoms with Crippen molar-refractivity contribution in [2.45, 2.75) is 33.6 Å². The quantitative estimate of drug-likeness (QED) is 0.152. The van der Waals surface area contributed by atoms with Crippen LogP contribution in [0, 0.1) is 13.8 Å². The summed E-state index contributed by atoms with van der Waals surface area (Å²) >= 11 is 0. The molecule has 1 aliphatic heterocycles. The maximum Gasteiger partial charge on any atom is 0.338 e. The normalized spacial score (nSPS) is 13.2. The van der Waals surface area contributed by atoms with Gasteiger partial charge in [-0.3, -0.25) is 0 Å². The molecular weight excluding hydrogens is 572 g/mol. The van der Waals surface area contributed by atoms with Crippen LogP contribution in [0.25, 0.3) is 0 Å². The molecule has 0 spiro atoms. The van der Waals surface area contributed by atoms with Crippen LogP contribution in [0.15, 0.2) is 103 Å². The van der Waals surface area contributed by atoms with Gasteiger partial charge in [0.25, 0.3) is 0 Å². The van der Waals surface area contributed by atoms with E-state index in [1.807, 2.05) is 30.3 Å². The molecule has 1 unspecified atom stereocenters. The Bertz CT molecular complexity index is 1850. The van der Waals surface area contributed by atoms with Gasteiger partial charge in [0.1, 0.15) is 17.2 Å². The zero-order valence-corrected chi connectivity index (χ0v) is 27.3. The first kappa shape index (κ1) is 30.8. The molecule has 1 heterocycles. The first-order valence-corrected chi connectivity index (χ1v) is 15.8. The number of carbonyl (C=O) groups is 1. The minimum Gasteiger partial charge on any atom is -0.494 e. The summed E-state index contributed by atoms with van der Waals surface area (Å²) in [6.45, 7) is 10.3. The maximum atomic E-state index is 13.2. The number of methoxy groups -OCH3 is 2. The van der Waals surface area contributed by atoms with Gasteiger partial charge in [-0.25, -0.2) is 4.79 Å². The zero-order valence-electron chi connectivity index (χ0n) is 27.3. The number of fused-ring (bicyclic) bond motifs is 2. The van der Waals surface area contributed by atoms with Gasteiger partial charge in [-0.1, -0.05) is 60.7 Å². The van der Waals surface area contributed by atoms with E-state index in [0.717, 1.165) is 69.4 Å². The Morgan fingerprint density at radius 1 is 0.696 bits per heavy atom. The van der Waals surface area contributed by atoms with E-state index in [2.05, 4.69) is 110 Å². The summed E-state index contributed by atoms with van der Waals surface area (Å²) in [5.41, 5.74) is 9.59. The first-order chi connectivity index (χ1) is 22.4. The van der Waals surface area contributed by atoms with Gasteiger partial charge in [0.2, 0.25) is 0 Å². The zero-order chi connectivity index (χ0) is 32.4. The highest BCUT2D eigenvalue weighted by atomic mass is 16.5. The Labute approximate surface area is 271 Å². The summed E-state index contributed by atoms with van der Waals surface area (Å²) in [6.07, 6.45) is 0. The van der Waals surface area contributed by atoms with Gasteiger partial charge in [0.05, 0.1) is 25.5 Å². The molecule has 5 aromatic rings. The van der Waals surface area contributed by atoms with E-state index < -0.39 is 0 Å². The molecule has 0 fully saturated rings. The molecule has 0 saturated heterocycles. The average molecular weight is 613 g/mol. The smallest absolute Gasteiger partial charge is 0.338 e. The summed E-state index contributed by atoms with van der Waals surface area (Å²) in [7, 11) is 3.12. The number of benzene rings is 5. The molecule has 0 aromatic heterocycles. The molecule has 234 valence electrons. The number of hydrogen-bond donors (Lipinski definition) is 0. The predicted octanol–water partition coefficient (Wildman–Crippen LogP) is 9.70.